The third-order valence-electron chi connectivity index (χ3n) is 4.06. The van der Waals surface area contributed by atoms with E-state index in [1.165, 1.54) is 0 Å². The average molecular weight is 420 g/mol. The Balaban J connectivity index is 1.86. The molecule has 4 rings (SSSR count). The first-order valence-corrected chi connectivity index (χ1v) is 10.1. The highest BCUT2D eigenvalue weighted by molar-refractivity contribution is 9.10. The summed E-state index contributed by atoms with van der Waals surface area (Å²) in [5, 5.41) is 5.34. The predicted octanol–water partition coefficient (Wildman–Crippen LogP) is 4.27. The van der Waals surface area contributed by atoms with Gasteiger partial charge in [-0.3, -0.25) is 0 Å². The van der Waals surface area contributed by atoms with E-state index in [2.05, 4.69) is 44.4 Å². The Morgan fingerprint density at radius 1 is 1.24 bits per heavy atom. The molecule has 0 amide bonds. The van der Waals surface area contributed by atoms with Gasteiger partial charge in [-0.2, -0.15) is 4.98 Å². The minimum absolute atomic E-state index is 0.219. The summed E-state index contributed by atoms with van der Waals surface area (Å²) in [5.74, 6) is 2.55. The largest absolute Gasteiger partial charge is 0.491 e. The van der Waals surface area contributed by atoms with Crippen molar-refractivity contribution in [3.05, 3.63) is 28.9 Å². The minimum Gasteiger partial charge on any atom is -0.491 e. The molecule has 0 saturated heterocycles. The maximum absolute atomic E-state index is 5.87. The number of rotatable bonds is 3. The van der Waals surface area contributed by atoms with E-state index in [1.54, 1.807) is 11.8 Å². The topological polar surface area (TPSA) is 57.8 Å². The fourth-order valence-corrected chi connectivity index (χ4v) is 3.58. The van der Waals surface area contributed by atoms with Crippen LogP contribution in [0.4, 0.5) is 0 Å². The standard InChI is InChI=1S/C17H18BrN5OS/c1-10(2)23-16(20-17(21-23)25-3)13-9-22-6-7-24-14-8-11(18)4-5-12(14)15(22)19-13/h4-5,8-10H,6-7H2,1-3H3. The molecule has 1 aliphatic heterocycles. The van der Waals surface area contributed by atoms with Crippen LogP contribution in [0.15, 0.2) is 34.0 Å². The normalized spacial score (nSPS) is 13.3. The van der Waals surface area contributed by atoms with Crippen molar-refractivity contribution >= 4 is 27.7 Å². The molecule has 6 nitrogen and oxygen atoms in total. The number of imidazole rings is 1. The fourth-order valence-electron chi connectivity index (χ4n) is 2.89. The van der Waals surface area contributed by atoms with Crippen molar-refractivity contribution in [3.63, 3.8) is 0 Å². The lowest BCUT2D eigenvalue weighted by atomic mass is 10.2. The zero-order chi connectivity index (χ0) is 17.6. The van der Waals surface area contributed by atoms with Gasteiger partial charge in [-0.1, -0.05) is 27.7 Å². The molecule has 1 aromatic carbocycles. The van der Waals surface area contributed by atoms with Gasteiger partial charge in [-0.25, -0.2) is 9.67 Å². The number of aromatic nitrogens is 5. The third kappa shape index (κ3) is 2.97. The van der Waals surface area contributed by atoms with Crippen molar-refractivity contribution in [1.29, 1.82) is 0 Å². The summed E-state index contributed by atoms with van der Waals surface area (Å²) in [4.78, 5) is 9.54. The summed E-state index contributed by atoms with van der Waals surface area (Å²) in [5.41, 5.74) is 1.83. The van der Waals surface area contributed by atoms with Crippen LogP contribution in [0.2, 0.25) is 0 Å². The maximum atomic E-state index is 5.87. The molecule has 1 aliphatic rings. The van der Waals surface area contributed by atoms with E-state index < -0.39 is 0 Å². The highest BCUT2D eigenvalue weighted by Gasteiger charge is 2.22. The van der Waals surface area contributed by atoms with Gasteiger partial charge in [0, 0.05) is 16.7 Å². The van der Waals surface area contributed by atoms with Crippen LogP contribution in [-0.4, -0.2) is 37.2 Å². The van der Waals surface area contributed by atoms with Gasteiger partial charge in [0.05, 0.1) is 12.1 Å². The number of hydrogen-bond acceptors (Lipinski definition) is 5. The molecule has 0 atom stereocenters. The molecule has 0 N–H and O–H groups in total. The minimum atomic E-state index is 0.219. The number of fused-ring (bicyclic) bond motifs is 3. The summed E-state index contributed by atoms with van der Waals surface area (Å²) < 4.78 is 10.9. The molecular weight excluding hydrogens is 402 g/mol. The first-order chi connectivity index (χ1) is 12.1. The van der Waals surface area contributed by atoms with Crippen LogP contribution in [0.3, 0.4) is 0 Å². The molecule has 2 aromatic heterocycles. The van der Waals surface area contributed by atoms with Crippen molar-refractivity contribution in [1.82, 2.24) is 24.3 Å². The van der Waals surface area contributed by atoms with Crippen molar-refractivity contribution in [3.8, 4) is 28.7 Å². The Morgan fingerprint density at radius 2 is 2.08 bits per heavy atom. The molecule has 3 aromatic rings. The van der Waals surface area contributed by atoms with Gasteiger partial charge in [0.15, 0.2) is 5.82 Å². The Labute approximate surface area is 158 Å². The van der Waals surface area contributed by atoms with Gasteiger partial charge < -0.3 is 9.30 Å². The van der Waals surface area contributed by atoms with Crippen LogP contribution in [0.25, 0.3) is 22.9 Å². The molecule has 0 saturated carbocycles. The highest BCUT2D eigenvalue weighted by atomic mass is 79.9. The van der Waals surface area contributed by atoms with E-state index in [1.807, 2.05) is 35.3 Å². The number of halogens is 1. The van der Waals surface area contributed by atoms with Crippen molar-refractivity contribution < 1.29 is 4.74 Å². The van der Waals surface area contributed by atoms with E-state index in [-0.39, 0.29) is 6.04 Å². The number of thioether (sulfide) groups is 1. The monoisotopic (exact) mass is 419 g/mol. The molecule has 0 spiro atoms. The molecule has 0 fully saturated rings. The van der Waals surface area contributed by atoms with Gasteiger partial charge in [0.2, 0.25) is 5.16 Å². The first kappa shape index (κ1) is 16.7. The average Bonchev–Trinajstić information content (AvgIpc) is 3.16. The first-order valence-electron chi connectivity index (χ1n) is 8.07. The molecule has 25 heavy (non-hydrogen) atoms. The number of nitrogens with zero attached hydrogens (tertiary/aromatic N) is 5. The molecule has 130 valence electrons. The molecule has 3 heterocycles. The fraction of sp³-hybridized carbons (Fsp3) is 0.353. The second kappa shape index (κ2) is 6.49. The van der Waals surface area contributed by atoms with Crippen LogP contribution in [0, 0.1) is 0 Å². The number of benzene rings is 1. The number of hydrogen-bond donors (Lipinski definition) is 0. The summed E-state index contributed by atoms with van der Waals surface area (Å²) in [6.45, 7) is 5.56. The van der Waals surface area contributed by atoms with E-state index >= 15 is 0 Å². The molecule has 0 bridgehead atoms. The Bertz CT molecular complexity index is 933. The van der Waals surface area contributed by atoms with Crippen LogP contribution in [0.5, 0.6) is 5.75 Å². The Hall–Kier alpha value is -1.80. The predicted molar refractivity (Wildman–Crippen MR) is 102 cm³/mol. The SMILES string of the molecule is CSc1nc(-c2cn3c(n2)-c2ccc(Br)cc2OCC3)n(C(C)C)n1. The van der Waals surface area contributed by atoms with Crippen LogP contribution >= 0.6 is 27.7 Å². The summed E-state index contributed by atoms with van der Waals surface area (Å²) in [7, 11) is 0. The lowest BCUT2D eigenvalue weighted by molar-refractivity contribution is 0.306. The van der Waals surface area contributed by atoms with Gasteiger partial charge in [-0.15, -0.1) is 5.10 Å². The second-order valence-electron chi connectivity index (χ2n) is 6.09. The van der Waals surface area contributed by atoms with E-state index in [0.29, 0.717) is 6.61 Å². The third-order valence-corrected chi connectivity index (χ3v) is 5.09. The summed E-state index contributed by atoms with van der Waals surface area (Å²) in [6, 6.07) is 6.25. The van der Waals surface area contributed by atoms with Crippen LogP contribution in [-0.2, 0) is 6.54 Å². The Morgan fingerprint density at radius 3 is 2.84 bits per heavy atom. The van der Waals surface area contributed by atoms with Gasteiger partial charge in [0.25, 0.3) is 0 Å². The van der Waals surface area contributed by atoms with E-state index in [9.17, 15) is 0 Å². The van der Waals surface area contributed by atoms with Crippen LogP contribution in [0.1, 0.15) is 19.9 Å². The van der Waals surface area contributed by atoms with E-state index in [4.69, 9.17) is 9.72 Å². The lowest BCUT2D eigenvalue weighted by Gasteiger charge is -2.07. The Kier molecular flexibility index (Phi) is 4.33. The second-order valence-corrected chi connectivity index (χ2v) is 7.78. The van der Waals surface area contributed by atoms with Crippen molar-refractivity contribution in [2.45, 2.75) is 31.6 Å². The zero-order valence-corrected chi connectivity index (χ0v) is 16.6. The molecule has 0 aliphatic carbocycles. The van der Waals surface area contributed by atoms with Crippen molar-refractivity contribution in [2.24, 2.45) is 0 Å². The maximum Gasteiger partial charge on any atom is 0.208 e. The number of ether oxygens (including phenoxy) is 1. The molecule has 0 unspecified atom stereocenters. The smallest absolute Gasteiger partial charge is 0.208 e. The van der Waals surface area contributed by atoms with Crippen molar-refractivity contribution in [2.75, 3.05) is 12.9 Å². The molecule has 0 radical (unpaired) electrons. The zero-order valence-electron chi connectivity index (χ0n) is 14.2. The van der Waals surface area contributed by atoms with Gasteiger partial charge in [-0.05, 0) is 38.3 Å². The van der Waals surface area contributed by atoms with Crippen LogP contribution < -0.4 is 4.74 Å². The highest BCUT2D eigenvalue weighted by Crippen LogP contribution is 2.35. The molecular formula is C17H18BrN5OS. The molecule has 8 heteroatoms. The quantitative estimate of drug-likeness (QED) is 0.593. The summed E-state index contributed by atoms with van der Waals surface area (Å²) in [6.07, 6.45) is 4.03. The van der Waals surface area contributed by atoms with Gasteiger partial charge in [0.1, 0.15) is 23.9 Å². The summed E-state index contributed by atoms with van der Waals surface area (Å²) >= 11 is 5.04. The van der Waals surface area contributed by atoms with E-state index in [0.717, 1.165) is 44.8 Å². The lowest BCUT2D eigenvalue weighted by Crippen LogP contribution is -2.06. The van der Waals surface area contributed by atoms with Gasteiger partial charge >= 0.3 is 0 Å².